The monoisotopic (exact) mass is 320 g/mol. The summed E-state index contributed by atoms with van der Waals surface area (Å²) in [5.74, 6) is -1.16. The lowest BCUT2D eigenvalue weighted by atomic mass is 10.0. The molecule has 1 aromatic rings. The van der Waals surface area contributed by atoms with Gasteiger partial charge in [0.25, 0.3) is 5.91 Å². The molecule has 0 bridgehead atoms. The Morgan fingerprint density at radius 1 is 1.17 bits per heavy atom. The Morgan fingerprint density at radius 3 is 2.48 bits per heavy atom. The minimum atomic E-state index is -0.653. The highest BCUT2D eigenvalue weighted by Gasteiger charge is 2.12. The van der Waals surface area contributed by atoms with Gasteiger partial charge in [0.15, 0.2) is 6.61 Å². The smallest absolute Gasteiger partial charge is 0.321 e. The molecule has 6 nitrogen and oxygen atoms in total. The van der Waals surface area contributed by atoms with Crippen LogP contribution in [0.4, 0.5) is 4.79 Å². The van der Waals surface area contributed by atoms with E-state index in [1.165, 1.54) is 0 Å². The third-order valence-corrected chi connectivity index (χ3v) is 3.53. The number of esters is 1. The second kappa shape index (κ2) is 8.92. The van der Waals surface area contributed by atoms with Crippen molar-refractivity contribution in [2.75, 3.05) is 6.61 Å². The summed E-state index contributed by atoms with van der Waals surface area (Å²) in [7, 11) is 0. The van der Waals surface area contributed by atoms with Crippen molar-refractivity contribution in [2.24, 2.45) is 0 Å². The fraction of sp³-hybridized carbons (Fsp3) is 0.471. The Balaban J connectivity index is 2.36. The van der Waals surface area contributed by atoms with Crippen molar-refractivity contribution >= 4 is 17.9 Å². The quantitative estimate of drug-likeness (QED) is 0.785. The van der Waals surface area contributed by atoms with E-state index in [9.17, 15) is 14.4 Å². The number of rotatable bonds is 6. The minimum absolute atomic E-state index is 0.0323. The lowest BCUT2D eigenvalue weighted by Crippen LogP contribution is -2.44. The molecule has 1 atom stereocenters. The van der Waals surface area contributed by atoms with E-state index in [4.69, 9.17) is 4.74 Å². The number of aryl methyl sites for hydroxylation is 2. The molecule has 1 rings (SSSR count). The average molecular weight is 320 g/mol. The first-order valence-electron chi connectivity index (χ1n) is 7.64. The third kappa shape index (κ3) is 6.95. The molecule has 0 radical (unpaired) electrons. The predicted molar refractivity (Wildman–Crippen MR) is 87.0 cm³/mol. The van der Waals surface area contributed by atoms with Crippen molar-refractivity contribution in [3.63, 3.8) is 0 Å². The molecule has 6 heteroatoms. The zero-order chi connectivity index (χ0) is 17.4. The van der Waals surface area contributed by atoms with E-state index < -0.39 is 24.5 Å². The van der Waals surface area contributed by atoms with Crippen molar-refractivity contribution in [2.45, 2.75) is 46.6 Å². The third-order valence-electron chi connectivity index (χ3n) is 3.53. The highest BCUT2D eigenvalue weighted by Crippen LogP contribution is 2.10. The molecule has 0 spiro atoms. The number of hydrogen-bond donors (Lipinski definition) is 2. The van der Waals surface area contributed by atoms with Crippen LogP contribution >= 0.6 is 0 Å². The van der Waals surface area contributed by atoms with Gasteiger partial charge in [-0.1, -0.05) is 25.1 Å². The average Bonchev–Trinajstić information content (AvgIpc) is 2.48. The van der Waals surface area contributed by atoms with Crippen molar-refractivity contribution in [1.29, 1.82) is 0 Å². The molecule has 126 valence electrons. The molecular formula is C17H24N2O4. The molecular weight excluding hydrogens is 296 g/mol. The fourth-order valence-corrected chi connectivity index (χ4v) is 1.80. The Morgan fingerprint density at radius 2 is 1.87 bits per heavy atom. The van der Waals surface area contributed by atoms with Crippen LogP contribution in [0.5, 0.6) is 0 Å². The summed E-state index contributed by atoms with van der Waals surface area (Å²) >= 11 is 0. The van der Waals surface area contributed by atoms with Gasteiger partial charge in [-0.25, -0.2) is 4.79 Å². The van der Waals surface area contributed by atoms with Gasteiger partial charge in [-0.05, 0) is 43.9 Å². The van der Waals surface area contributed by atoms with E-state index in [0.29, 0.717) is 0 Å². The van der Waals surface area contributed by atoms with Gasteiger partial charge in [0.1, 0.15) is 0 Å². The van der Waals surface area contributed by atoms with E-state index in [1.807, 2.05) is 45.9 Å². The normalized spacial score (nSPS) is 11.5. The van der Waals surface area contributed by atoms with Gasteiger partial charge < -0.3 is 10.1 Å². The first-order chi connectivity index (χ1) is 10.8. The van der Waals surface area contributed by atoms with Gasteiger partial charge in [0.2, 0.25) is 0 Å². The lowest BCUT2D eigenvalue weighted by Gasteiger charge is -2.11. The maximum absolute atomic E-state index is 11.7. The van der Waals surface area contributed by atoms with Crippen molar-refractivity contribution < 1.29 is 19.1 Å². The number of carbonyl (C=O) groups is 3. The van der Waals surface area contributed by atoms with Gasteiger partial charge in [0.05, 0.1) is 6.42 Å². The summed E-state index contributed by atoms with van der Waals surface area (Å²) < 4.78 is 4.88. The summed E-state index contributed by atoms with van der Waals surface area (Å²) in [6, 6.07) is 5.08. The molecule has 23 heavy (non-hydrogen) atoms. The Bertz CT molecular complexity index is 584. The summed E-state index contributed by atoms with van der Waals surface area (Å²) in [4.78, 5) is 34.7. The van der Waals surface area contributed by atoms with Gasteiger partial charge in [-0.15, -0.1) is 0 Å². The topological polar surface area (TPSA) is 84.5 Å². The molecule has 3 amide bonds. The number of ether oxygens (including phenoxy) is 1. The highest BCUT2D eigenvalue weighted by atomic mass is 16.5. The first-order valence-corrected chi connectivity index (χ1v) is 7.64. The molecule has 0 saturated carbocycles. The second-order valence-corrected chi connectivity index (χ2v) is 5.59. The molecule has 0 unspecified atom stereocenters. The fourth-order valence-electron chi connectivity index (χ4n) is 1.80. The number of imide groups is 1. The van der Waals surface area contributed by atoms with Gasteiger partial charge >= 0.3 is 12.0 Å². The Kier molecular flexibility index (Phi) is 7.25. The summed E-state index contributed by atoms with van der Waals surface area (Å²) in [5, 5.41) is 4.70. The van der Waals surface area contributed by atoms with Crippen LogP contribution in [-0.2, 0) is 20.7 Å². The number of carbonyl (C=O) groups excluding carboxylic acids is 3. The first kappa shape index (κ1) is 18.7. The van der Waals surface area contributed by atoms with Crippen LogP contribution in [0.1, 0.15) is 37.0 Å². The molecule has 0 aliphatic carbocycles. The van der Waals surface area contributed by atoms with Gasteiger partial charge in [-0.3, -0.25) is 14.9 Å². The van der Waals surface area contributed by atoms with E-state index in [2.05, 4.69) is 10.6 Å². The Labute approximate surface area is 136 Å². The van der Waals surface area contributed by atoms with Crippen LogP contribution < -0.4 is 10.6 Å². The van der Waals surface area contributed by atoms with Crippen molar-refractivity contribution in [3.8, 4) is 0 Å². The van der Waals surface area contributed by atoms with Crippen LogP contribution in [0.25, 0.3) is 0 Å². The molecule has 0 fully saturated rings. The molecule has 0 aliphatic rings. The summed E-state index contributed by atoms with van der Waals surface area (Å²) in [6.07, 6.45) is 0.847. The zero-order valence-electron chi connectivity index (χ0n) is 14.1. The SMILES string of the molecule is CC[C@@H](C)NC(=O)NC(=O)COC(=O)Cc1ccc(C)c(C)c1. The molecule has 0 heterocycles. The zero-order valence-corrected chi connectivity index (χ0v) is 14.1. The van der Waals surface area contributed by atoms with Crippen LogP contribution in [0.15, 0.2) is 18.2 Å². The van der Waals surface area contributed by atoms with Crippen LogP contribution in [0.3, 0.4) is 0 Å². The maximum Gasteiger partial charge on any atom is 0.321 e. The van der Waals surface area contributed by atoms with E-state index in [1.54, 1.807) is 0 Å². The summed E-state index contributed by atoms with van der Waals surface area (Å²) in [6.45, 7) is 7.23. The van der Waals surface area contributed by atoms with Gasteiger partial charge in [0, 0.05) is 6.04 Å². The van der Waals surface area contributed by atoms with Crippen molar-refractivity contribution in [3.05, 3.63) is 34.9 Å². The number of nitrogens with one attached hydrogen (secondary N) is 2. The number of urea groups is 1. The largest absolute Gasteiger partial charge is 0.455 e. The molecule has 0 aliphatic heterocycles. The highest BCUT2D eigenvalue weighted by molar-refractivity contribution is 5.95. The maximum atomic E-state index is 11.7. The minimum Gasteiger partial charge on any atom is -0.455 e. The number of benzene rings is 1. The van der Waals surface area contributed by atoms with Gasteiger partial charge in [-0.2, -0.15) is 0 Å². The van der Waals surface area contributed by atoms with Crippen molar-refractivity contribution in [1.82, 2.24) is 10.6 Å². The predicted octanol–water partition coefficient (Wildman–Crippen LogP) is 2.01. The van der Waals surface area contributed by atoms with Crippen LogP contribution in [0.2, 0.25) is 0 Å². The molecule has 1 aromatic carbocycles. The van der Waals surface area contributed by atoms with Crippen LogP contribution in [0, 0.1) is 13.8 Å². The van der Waals surface area contributed by atoms with Crippen LogP contribution in [-0.4, -0.2) is 30.6 Å². The van der Waals surface area contributed by atoms with E-state index in [-0.39, 0.29) is 12.5 Å². The summed E-state index contributed by atoms with van der Waals surface area (Å²) in [5.41, 5.74) is 3.07. The van der Waals surface area contributed by atoms with E-state index in [0.717, 1.165) is 23.1 Å². The molecule has 0 aromatic heterocycles. The molecule has 0 saturated heterocycles. The Hall–Kier alpha value is -2.37. The molecule has 2 N–H and O–H groups in total. The second-order valence-electron chi connectivity index (χ2n) is 5.59. The van der Waals surface area contributed by atoms with E-state index >= 15 is 0 Å². The number of amides is 3. The lowest BCUT2D eigenvalue weighted by molar-refractivity contribution is -0.147. The number of hydrogen-bond acceptors (Lipinski definition) is 4. The standard InChI is InChI=1S/C17H24N2O4/c1-5-13(4)18-17(22)19-15(20)10-23-16(21)9-14-7-6-11(2)12(3)8-14/h6-8,13H,5,9-10H2,1-4H3,(H2,18,19,20,22)/t13-/m1/s1.